The van der Waals surface area contributed by atoms with E-state index in [0.29, 0.717) is 0 Å². The molecule has 0 atom stereocenters. The first-order valence-corrected chi connectivity index (χ1v) is 15.8. The van der Waals surface area contributed by atoms with Gasteiger partial charge in [-0.05, 0) is 80.8 Å². The number of rotatable bonds is 12. The summed E-state index contributed by atoms with van der Waals surface area (Å²) in [6.45, 7) is 4.51. The van der Waals surface area contributed by atoms with E-state index in [4.69, 9.17) is 4.98 Å². The molecule has 0 radical (unpaired) electrons. The zero-order valence-corrected chi connectivity index (χ0v) is 24.7. The monoisotopic (exact) mass is 625 g/mol. The molecule has 4 aromatic rings. The third-order valence-corrected chi connectivity index (χ3v) is 10.4. The van der Waals surface area contributed by atoms with E-state index >= 15 is 0 Å². The van der Waals surface area contributed by atoms with Crippen molar-refractivity contribution >= 4 is 77.3 Å². The Hall–Kier alpha value is -0.670. The average Bonchev–Trinajstić information content (AvgIpc) is 3.53. The Kier molecular flexibility index (Phi) is 9.51. The van der Waals surface area contributed by atoms with E-state index in [9.17, 15) is 0 Å². The van der Waals surface area contributed by atoms with Gasteiger partial charge in [-0.2, -0.15) is 8.75 Å². The second-order valence-electron chi connectivity index (χ2n) is 8.42. The predicted molar refractivity (Wildman–Crippen MR) is 153 cm³/mol. The second-order valence-corrected chi connectivity index (χ2v) is 13.7. The number of pyridine rings is 1. The third-order valence-electron chi connectivity index (χ3n) is 5.90. The number of nitrogens with zero attached hydrogens (tertiary/aromatic N) is 3. The molecule has 4 heterocycles. The molecule has 0 saturated heterocycles. The molecule has 0 N–H and O–H groups in total. The van der Waals surface area contributed by atoms with Gasteiger partial charge in [0.2, 0.25) is 0 Å². The summed E-state index contributed by atoms with van der Waals surface area (Å²) in [4.78, 5) is 7.28. The number of halogens is 2. The van der Waals surface area contributed by atoms with Crippen LogP contribution in [0.15, 0.2) is 25.9 Å². The van der Waals surface area contributed by atoms with Gasteiger partial charge in [-0.15, -0.1) is 22.7 Å². The van der Waals surface area contributed by atoms with Crippen molar-refractivity contribution in [3.05, 3.63) is 37.0 Å². The lowest BCUT2D eigenvalue weighted by molar-refractivity contribution is 0.667. The van der Waals surface area contributed by atoms with Crippen molar-refractivity contribution in [3.8, 4) is 21.0 Å². The van der Waals surface area contributed by atoms with Crippen LogP contribution in [0.3, 0.4) is 0 Å². The van der Waals surface area contributed by atoms with Crippen molar-refractivity contribution < 1.29 is 0 Å². The molecule has 0 spiro atoms. The Balaban J connectivity index is 1.59. The zero-order valence-electron chi connectivity index (χ0n) is 19.1. The molecular formula is C25H29Br2N3S3. The molecule has 0 aliphatic carbocycles. The fraction of sp³-hybridized carbons (Fsp3) is 0.480. The van der Waals surface area contributed by atoms with Crippen LogP contribution in [-0.2, 0) is 12.8 Å². The van der Waals surface area contributed by atoms with Gasteiger partial charge < -0.3 is 0 Å². The topological polar surface area (TPSA) is 38.7 Å². The molecular weight excluding hydrogens is 598 g/mol. The number of hydrogen-bond donors (Lipinski definition) is 0. The minimum absolute atomic E-state index is 0.915. The van der Waals surface area contributed by atoms with Crippen molar-refractivity contribution in [2.75, 3.05) is 0 Å². The Morgan fingerprint density at radius 1 is 0.727 bits per heavy atom. The fourth-order valence-electron chi connectivity index (χ4n) is 4.02. The first kappa shape index (κ1) is 25.4. The van der Waals surface area contributed by atoms with Crippen LogP contribution in [-0.4, -0.2) is 13.7 Å². The molecule has 0 unspecified atom stereocenters. The van der Waals surface area contributed by atoms with Gasteiger partial charge in [-0.25, -0.2) is 0 Å². The smallest absolute Gasteiger partial charge is 0.132 e. The Morgan fingerprint density at radius 2 is 1.30 bits per heavy atom. The SMILES string of the molecule is CCCCCCc1cc(-c2cnc(-c3cc(CCCCCC)c(Br)s3)c3nsnc23)sc1Br. The first-order valence-electron chi connectivity index (χ1n) is 11.8. The van der Waals surface area contributed by atoms with Gasteiger partial charge in [0.25, 0.3) is 0 Å². The van der Waals surface area contributed by atoms with Gasteiger partial charge in [0, 0.05) is 16.6 Å². The van der Waals surface area contributed by atoms with Gasteiger partial charge in [0.15, 0.2) is 0 Å². The van der Waals surface area contributed by atoms with Crippen molar-refractivity contribution in [1.82, 2.24) is 13.7 Å². The van der Waals surface area contributed by atoms with Gasteiger partial charge in [-0.3, -0.25) is 4.98 Å². The number of hydrogen-bond acceptors (Lipinski definition) is 6. The lowest BCUT2D eigenvalue weighted by Gasteiger charge is -2.02. The van der Waals surface area contributed by atoms with Crippen LogP contribution in [0.5, 0.6) is 0 Å². The van der Waals surface area contributed by atoms with Crippen LogP contribution in [0.25, 0.3) is 32.0 Å². The molecule has 0 amide bonds. The highest BCUT2D eigenvalue weighted by Gasteiger charge is 2.19. The number of thiophene rings is 2. The molecule has 0 bridgehead atoms. The van der Waals surface area contributed by atoms with Crippen molar-refractivity contribution in [3.63, 3.8) is 0 Å². The van der Waals surface area contributed by atoms with E-state index in [1.807, 2.05) is 6.20 Å². The average molecular weight is 628 g/mol. The molecule has 4 rings (SSSR count). The molecule has 4 aromatic heterocycles. The summed E-state index contributed by atoms with van der Waals surface area (Å²) in [6, 6.07) is 4.60. The van der Waals surface area contributed by atoms with Gasteiger partial charge in [0.05, 0.1) is 24.2 Å². The van der Waals surface area contributed by atoms with Gasteiger partial charge in [-0.1, -0.05) is 52.4 Å². The molecule has 0 fully saturated rings. The molecule has 3 nitrogen and oxygen atoms in total. The highest BCUT2D eigenvalue weighted by atomic mass is 79.9. The minimum Gasteiger partial charge on any atom is -0.252 e. The van der Waals surface area contributed by atoms with Crippen molar-refractivity contribution in [1.29, 1.82) is 0 Å². The van der Waals surface area contributed by atoms with Crippen LogP contribution >= 0.6 is 66.3 Å². The molecule has 8 heteroatoms. The normalized spacial score (nSPS) is 11.6. The summed E-state index contributed by atoms with van der Waals surface area (Å²) in [7, 11) is 0. The molecule has 33 heavy (non-hydrogen) atoms. The van der Waals surface area contributed by atoms with Crippen LogP contribution in [0.1, 0.15) is 76.3 Å². The van der Waals surface area contributed by atoms with Gasteiger partial charge >= 0.3 is 0 Å². The predicted octanol–water partition coefficient (Wildman–Crippen LogP) is 10.3. The second kappa shape index (κ2) is 12.3. The number of aromatic nitrogens is 3. The summed E-state index contributed by atoms with van der Waals surface area (Å²) < 4.78 is 11.8. The summed E-state index contributed by atoms with van der Waals surface area (Å²) in [6.07, 6.45) is 14.4. The lowest BCUT2D eigenvalue weighted by atomic mass is 10.1. The number of unbranched alkanes of at least 4 members (excludes halogenated alkanes) is 6. The Bertz CT molecular complexity index is 1100. The maximum atomic E-state index is 4.90. The minimum atomic E-state index is 0.915. The van der Waals surface area contributed by atoms with E-state index in [-0.39, 0.29) is 0 Å². The summed E-state index contributed by atoms with van der Waals surface area (Å²) in [5.41, 5.74) is 6.68. The van der Waals surface area contributed by atoms with E-state index in [2.05, 4.69) is 66.6 Å². The van der Waals surface area contributed by atoms with Crippen LogP contribution in [0, 0.1) is 0 Å². The molecule has 0 aliphatic rings. The van der Waals surface area contributed by atoms with Crippen molar-refractivity contribution in [2.24, 2.45) is 0 Å². The zero-order chi connectivity index (χ0) is 23.2. The van der Waals surface area contributed by atoms with Gasteiger partial charge in [0.1, 0.15) is 16.7 Å². The number of aryl methyl sites for hydroxylation is 2. The standard InChI is InChI=1S/C25H29Br2N3S3/c1-3-5-7-9-11-16-13-19(31-24(16)26)18-15-28-22(23-21(18)29-33-30-23)20-14-17(25(27)32-20)12-10-8-6-4-2/h13-15H,3-12H2,1-2H3. The maximum absolute atomic E-state index is 4.90. The number of fused-ring (bicyclic) bond motifs is 1. The Labute approximate surface area is 225 Å². The highest BCUT2D eigenvalue weighted by molar-refractivity contribution is 9.11. The van der Waals surface area contributed by atoms with E-state index in [1.54, 1.807) is 22.7 Å². The van der Waals surface area contributed by atoms with Crippen molar-refractivity contribution in [2.45, 2.75) is 78.1 Å². The summed E-state index contributed by atoms with van der Waals surface area (Å²) >= 11 is 12.4. The first-order chi connectivity index (χ1) is 16.1. The molecule has 0 aliphatic heterocycles. The molecule has 176 valence electrons. The molecule has 0 aromatic carbocycles. The fourth-order valence-corrected chi connectivity index (χ4v) is 8.13. The molecule has 0 saturated carbocycles. The maximum Gasteiger partial charge on any atom is 0.132 e. The Morgan fingerprint density at radius 3 is 1.94 bits per heavy atom. The highest BCUT2D eigenvalue weighted by Crippen LogP contribution is 2.42. The largest absolute Gasteiger partial charge is 0.252 e. The van der Waals surface area contributed by atoms with E-state index in [1.165, 1.54) is 91.5 Å². The third kappa shape index (κ3) is 6.13. The van der Waals surface area contributed by atoms with Crippen LogP contribution in [0.4, 0.5) is 0 Å². The van der Waals surface area contributed by atoms with E-state index in [0.717, 1.165) is 35.1 Å². The van der Waals surface area contributed by atoms with Crippen LogP contribution < -0.4 is 0 Å². The summed E-state index contributed by atoms with van der Waals surface area (Å²) in [5, 5.41) is 0. The van der Waals surface area contributed by atoms with E-state index < -0.39 is 0 Å². The quantitative estimate of drug-likeness (QED) is 0.147. The lowest BCUT2D eigenvalue weighted by Crippen LogP contribution is -1.88. The summed E-state index contributed by atoms with van der Waals surface area (Å²) in [5.74, 6) is 0. The van der Waals surface area contributed by atoms with Crippen LogP contribution in [0.2, 0.25) is 0 Å².